The Labute approximate surface area is 135 Å². The predicted molar refractivity (Wildman–Crippen MR) is 91.3 cm³/mol. The molecule has 4 nitrogen and oxygen atoms in total. The van der Waals surface area contributed by atoms with Crippen LogP contribution in [0.4, 0.5) is 5.69 Å². The van der Waals surface area contributed by atoms with Crippen molar-refractivity contribution in [2.24, 2.45) is 0 Å². The van der Waals surface area contributed by atoms with E-state index in [0.29, 0.717) is 0 Å². The van der Waals surface area contributed by atoms with Crippen molar-refractivity contribution < 1.29 is 9.47 Å². The second-order valence-electron chi connectivity index (χ2n) is 5.81. The van der Waals surface area contributed by atoms with Crippen molar-refractivity contribution in [1.82, 2.24) is 4.81 Å². The van der Waals surface area contributed by atoms with E-state index in [1.165, 1.54) is 21.3 Å². The summed E-state index contributed by atoms with van der Waals surface area (Å²) in [5, 5.41) is 0. The number of rotatable bonds is 3. The van der Waals surface area contributed by atoms with Gasteiger partial charge in [-0.15, -0.1) is 0 Å². The van der Waals surface area contributed by atoms with E-state index in [4.69, 9.17) is 9.47 Å². The average molecular weight is 353 g/mol. The van der Waals surface area contributed by atoms with Gasteiger partial charge in [0, 0.05) is 18.1 Å². The lowest BCUT2D eigenvalue weighted by molar-refractivity contribution is 0.201. The number of methoxy groups -OCH3 is 1. The first-order valence-electron chi connectivity index (χ1n) is 7.60. The van der Waals surface area contributed by atoms with Gasteiger partial charge in [0.2, 0.25) is 0 Å². The van der Waals surface area contributed by atoms with Gasteiger partial charge in [-0.1, -0.05) is 0 Å². The highest BCUT2D eigenvalue weighted by atomic mass is 79.9. The van der Waals surface area contributed by atoms with E-state index in [0.717, 1.165) is 58.0 Å². The molecule has 3 rings (SSSR count). The fraction of sp³-hybridized carbons (Fsp3) is 0.600. The van der Waals surface area contributed by atoms with Gasteiger partial charge in [0.05, 0.1) is 18.8 Å². The first-order chi connectivity index (χ1) is 10.2. The summed E-state index contributed by atoms with van der Waals surface area (Å²) in [6.45, 7) is 5.56. The number of hydrogen-bond acceptors (Lipinski definition) is 4. The second kappa shape index (κ2) is 6.59. The summed E-state index contributed by atoms with van der Waals surface area (Å²) in [5.41, 5.74) is 4.09. The van der Waals surface area contributed by atoms with Gasteiger partial charge in [-0.2, -0.15) is 0 Å². The molecule has 114 valence electrons. The minimum absolute atomic E-state index is 0.742. The largest absolute Gasteiger partial charge is 0.490 e. The molecule has 0 spiro atoms. The number of fused-ring (bicyclic) bond motifs is 2. The van der Waals surface area contributed by atoms with Gasteiger partial charge in [-0.05, 0) is 59.1 Å². The molecule has 2 aliphatic heterocycles. The van der Waals surface area contributed by atoms with Crippen LogP contribution in [0.15, 0.2) is 10.5 Å². The minimum atomic E-state index is 0.742. The highest BCUT2D eigenvalue weighted by Crippen LogP contribution is 2.43. The van der Waals surface area contributed by atoms with Crippen LogP contribution in [0.1, 0.15) is 11.1 Å². The Bertz CT molecular complexity index is 527. The van der Waals surface area contributed by atoms with E-state index >= 15 is 0 Å². The number of nitrogens with zero attached hydrogens (tertiary/aromatic N) is 2. The Kier molecular flexibility index (Phi) is 4.77. The minimum Gasteiger partial charge on any atom is -0.490 e. The van der Waals surface area contributed by atoms with E-state index in [1.807, 2.05) is 0 Å². The lowest BCUT2D eigenvalue weighted by atomic mass is 10.0. The van der Waals surface area contributed by atoms with Gasteiger partial charge in [0.15, 0.2) is 7.98 Å². The zero-order valence-electron chi connectivity index (χ0n) is 12.8. The van der Waals surface area contributed by atoms with Gasteiger partial charge in [-0.3, -0.25) is 0 Å². The molecule has 21 heavy (non-hydrogen) atoms. The van der Waals surface area contributed by atoms with Gasteiger partial charge in [-0.25, -0.2) is 0 Å². The summed E-state index contributed by atoms with van der Waals surface area (Å²) in [5.74, 6) is 1.02. The van der Waals surface area contributed by atoms with Crippen LogP contribution >= 0.6 is 15.9 Å². The molecule has 0 N–H and O–H groups in total. The average Bonchev–Trinajstić information content (AvgIpc) is 2.67. The monoisotopic (exact) mass is 352 g/mol. The molecule has 0 fully saturated rings. The SMILES string of the molecule is BN1CCc2cc3c(c(Br)c2CC1)N(CCOC)CCO3. The molecule has 0 saturated carbocycles. The molecule has 0 unspecified atom stereocenters. The normalized spacial score (nSPS) is 18.7. The van der Waals surface area contributed by atoms with E-state index < -0.39 is 0 Å². The van der Waals surface area contributed by atoms with Crippen molar-refractivity contribution in [3.05, 3.63) is 21.7 Å². The van der Waals surface area contributed by atoms with E-state index in [2.05, 4.69) is 39.7 Å². The van der Waals surface area contributed by atoms with Crippen LogP contribution in [0.5, 0.6) is 5.75 Å². The number of benzene rings is 1. The Balaban J connectivity index is 1.98. The third-order valence-corrected chi connectivity index (χ3v) is 5.26. The molecular weight excluding hydrogens is 331 g/mol. The quantitative estimate of drug-likeness (QED) is 0.764. The van der Waals surface area contributed by atoms with Gasteiger partial charge >= 0.3 is 0 Å². The molecule has 0 bridgehead atoms. The number of halogens is 1. The molecule has 0 saturated heterocycles. The molecule has 0 atom stereocenters. The van der Waals surface area contributed by atoms with Crippen molar-refractivity contribution in [2.75, 3.05) is 51.4 Å². The molecule has 6 heteroatoms. The topological polar surface area (TPSA) is 24.9 Å². The smallest absolute Gasteiger partial charge is 0.185 e. The van der Waals surface area contributed by atoms with Crippen LogP contribution in [-0.4, -0.2) is 59.3 Å². The van der Waals surface area contributed by atoms with Crippen LogP contribution in [0.3, 0.4) is 0 Å². The third kappa shape index (κ3) is 3.08. The summed E-state index contributed by atoms with van der Waals surface area (Å²) >= 11 is 3.86. The van der Waals surface area contributed by atoms with Crippen LogP contribution in [0.25, 0.3) is 0 Å². The maximum Gasteiger partial charge on any atom is 0.185 e. The van der Waals surface area contributed by atoms with Crippen molar-refractivity contribution in [2.45, 2.75) is 12.8 Å². The van der Waals surface area contributed by atoms with E-state index in [-0.39, 0.29) is 0 Å². The summed E-state index contributed by atoms with van der Waals surface area (Å²) in [6, 6.07) is 2.26. The van der Waals surface area contributed by atoms with Gasteiger partial charge in [0.1, 0.15) is 12.4 Å². The van der Waals surface area contributed by atoms with Crippen molar-refractivity contribution >= 4 is 29.6 Å². The van der Waals surface area contributed by atoms with E-state index in [1.54, 1.807) is 7.11 Å². The Morgan fingerprint density at radius 3 is 2.95 bits per heavy atom. The second-order valence-corrected chi connectivity index (χ2v) is 6.60. The highest BCUT2D eigenvalue weighted by Gasteiger charge is 2.26. The summed E-state index contributed by atoms with van der Waals surface area (Å²) in [4.78, 5) is 4.77. The summed E-state index contributed by atoms with van der Waals surface area (Å²) in [7, 11) is 3.95. The molecular formula is C15H22BBrN2O2. The van der Waals surface area contributed by atoms with Crippen molar-refractivity contribution in [3.63, 3.8) is 0 Å². The van der Waals surface area contributed by atoms with E-state index in [9.17, 15) is 0 Å². The lowest BCUT2D eigenvalue weighted by Gasteiger charge is -2.33. The zero-order valence-corrected chi connectivity index (χ0v) is 14.4. The number of anilines is 1. The van der Waals surface area contributed by atoms with Crippen LogP contribution in [0.2, 0.25) is 0 Å². The van der Waals surface area contributed by atoms with Crippen molar-refractivity contribution in [1.29, 1.82) is 0 Å². The lowest BCUT2D eigenvalue weighted by Crippen LogP contribution is -2.35. The maximum atomic E-state index is 5.92. The standard InChI is InChI=1S/C15H22BBrN2O2/c1-20-8-6-18-7-9-21-13-10-11-2-4-19(16)5-3-12(11)14(17)15(13)18/h10H,2-9,16H2,1H3. The zero-order chi connectivity index (χ0) is 14.8. The van der Waals surface area contributed by atoms with Crippen LogP contribution in [-0.2, 0) is 17.6 Å². The molecule has 1 aromatic carbocycles. The summed E-state index contributed by atoms with van der Waals surface area (Å²) < 4.78 is 12.4. The van der Waals surface area contributed by atoms with Gasteiger partial charge in [0.25, 0.3) is 0 Å². The molecule has 2 aliphatic rings. The van der Waals surface area contributed by atoms with Crippen LogP contribution in [0, 0.1) is 0 Å². The Hall–Kier alpha value is -0.715. The summed E-state index contributed by atoms with van der Waals surface area (Å²) in [6.07, 6.45) is 2.19. The molecule has 1 aromatic rings. The molecule has 0 radical (unpaired) electrons. The molecule has 0 amide bonds. The predicted octanol–water partition coefficient (Wildman–Crippen LogP) is 1.24. The molecule has 2 heterocycles. The highest BCUT2D eigenvalue weighted by molar-refractivity contribution is 9.10. The Morgan fingerprint density at radius 2 is 2.14 bits per heavy atom. The van der Waals surface area contributed by atoms with Crippen molar-refractivity contribution in [3.8, 4) is 5.75 Å². The van der Waals surface area contributed by atoms with Gasteiger partial charge < -0.3 is 19.2 Å². The first kappa shape index (κ1) is 15.2. The number of ether oxygens (including phenoxy) is 2. The fourth-order valence-corrected chi connectivity index (χ4v) is 4.03. The maximum absolute atomic E-state index is 5.92. The molecule has 0 aromatic heterocycles. The molecule has 0 aliphatic carbocycles. The fourth-order valence-electron chi connectivity index (χ4n) is 3.13. The first-order valence-corrected chi connectivity index (χ1v) is 8.39. The Morgan fingerprint density at radius 1 is 1.33 bits per heavy atom. The third-order valence-electron chi connectivity index (χ3n) is 4.41. The van der Waals surface area contributed by atoms with Crippen LogP contribution < -0.4 is 9.64 Å². The number of hydrogen-bond donors (Lipinski definition) is 0.